The first-order chi connectivity index (χ1) is 9.95. The third-order valence-corrected chi connectivity index (χ3v) is 3.58. The Morgan fingerprint density at radius 3 is 2.67 bits per heavy atom. The van der Waals surface area contributed by atoms with Gasteiger partial charge in [-0.2, -0.15) is 0 Å². The van der Waals surface area contributed by atoms with Crippen LogP contribution < -0.4 is 0 Å². The lowest BCUT2D eigenvalue weighted by atomic mass is 10.1. The van der Waals surface area contributed by atoms with Crippen molar-refractivity contribution in [3.63, 3.8) is 0 Å². The quantitative estimate of drug-likeness (QED) is 0.887. The fourth-order valence-corrected chi connectivity index (χ4v) is 2.63. The van der Waals surface area contributed by atoms with Crippen LogP contribution >= 0.6 is 15.9 Å². The zero-order chi connectivity index (χ0) is 15.4. The monoisotopic (exact) mass is 351 g/mol. The maximum atomic E-state index is 13.2. The van der Waals surface area contributed by atoms with E-state index in [1.165, 1.54) is 12.1 Å². The van der Waals surface area contributed by atoms with E-state index in [0.717, 1.165) is 16.1 Å². The lowest BCUT2D eigenvalue weighted by Crippen LogP contribution is -2.19. The second-order valence-electron chi connectivity index (χ2n) is 4.91. The number of carboxylic acids is 1. The van der Waals surface area contributed by atoms with Gasteiger partial charge in [-0.05, 0) is 42.4 Å². The summed E-state index contributed by atoms with van der Waals surface area (Å²) in [6.07, 6.45) is 0. The molecule has 0 saturated heterocycles. The molecule has 0 aromatic heterocycles. The number of benzene rings is 2. The van der Waals surface area contributed by atoms with Gasteiger partial charge in [-0.3, -0.25) is 4.90 Å². The molecule has 5 heteroatoms. The maximum Gasteiger partial charge on any atom is 0.336 e. The molecule has 1 N–H and O–H groups in total. The molecular weight excluding hydrogens is 337 g/mol. The van der Waals surface area contributed by atoms with Crippen molar-refractivity contribution in [3.8, 4) is 0 Å². The summed E-state index contributed by atoms with van der Waals surface area (Å²) in [7, 11) is 1.90. The molecule has 0 aliphatic rings. The van der Waals surface area contributed by atoms with Gasteiger partial charge in [-0.1, -0.05) is 34.1 Å². The van der Waals surface area contributed by atoms with E-state index in [4.69, 9.17) is 5.11 Å². The van der Waals surface area contributed by atoms with Gasteiger partial charge in [0.1, 0.15) is 5.82 Å². The van der Waals surface area contributed by atoms with E-state index >= 15 is 0 Å². The van der Waals surface area contributed by atoms with E-state index in [9.17, 15) is 9.18 Å². The van der Waals surface area contributed by atoms with Crippen molar-refractivity contribution >= 4 is 21.9 Å². The second-order valence-corrected chi connectivity index (χ2v) is 5.82. The van der Waals surface area contributed by atoms with Gasteiger partial charge in [0, 0.05) is 17.6 Å². The highest BCUT2D eigenvalue weighted by molar-refractivity contribution is 9.10. The molecule has 0 heterocycles. The Balaban J connectivity index is 2.12. The number of nitrogens with zero attached hydrogens (tertiary/aromatic N) is 1. The van der Waals surface area contributed by atoms with Gasteiger partial charge in [0.15, 0.2) is 0 Å². The highest BCUT2D eigenvalue weighted by Crippen LogP contribution is 2.17. The number of aromatic carboxylic acids is 1. The standard InChI is InChI=1S/C16H15BrFNO2/c1-19(9-11-3-2-4-13(17)7-11)10-12-5-6-14(18)8-15(12)16(20)21/h2-8H,9-10H2,1H3,(H,20,21). The first-order valence-electron chi connectivity index (χ1n) is 6.40. The SMILES string of the molecule is CN(Cc1cccc(Br)c1)Cc1ccc(F)cc1C(=O)O. The Bertz CT molecular complexity index is 660. The number of carboxylic acid groups (broad SMARTS) is 1. The topological polar surface area (TPSA) is 40.5 Å². The largest absolute Gasteiger partial charge is 0.478 e. The lowest BCUT2D eigenvalue weighted by Gasteiger charge is -2.18. The summed E-state index contributed by atoms with van der Waals surface area (Å²) in [6.45, 7) is 1.12. The van der Waals surface area contributed by atoms with Crippen molar-refractivity contribution < 1.29 is 14.3 Å². The van der Waals surface area contributed by atoms with Crippen LogP contribution in [-0.2, 0) is 13.1 Å². The van der Waals surface area contributed by atoms with Crippen LogP contribution in [0.25, 0.3) is 0 Å². The molecule has 2 aromatic rings. The molecule has 0 spiro atoms. The van der Waals surface area contributed by atoms with Crippen LogP contribution in [0.4, 0.5) is 4.39 Å². The number of carbonyl (C=O) groups is 1. The Morgan fingerprint density at radius 2 is 2.00 bits per heavy atom. The molecule has 0 atom stereocenters. The molecule has 2 aromatic carbocycles. The third kappa shape index (κ3) is 4.37. The van der Waals surface area contributed by atoms with Crippen LogP contribution in [0.5, 0.6) is 0 Å². The summed E-state index contributed by atoms with van der Waals surface area (Å²) in [4.78, 5) is 13.2. The van der Waals surface area contributed by atoms with Gasteiger partial charge in [-0.25, -0.2) is 9.18 Å². The molecule has 0 bridgehead atoms. The van der Waals surface area contributed by atoms with Gasteiger partial charge in [0.25, 0.3) is 0 Å². The van der Waals surface area contributed by atoms with Crippen molar-refractivity contribution in [1.29, 1.82) is 0 Å². The summed E-state index contributed by atoms with van der Waals surface area (Å²) in [5, 5.41) is 9.14. The first-order valence-corrected chi connectivity index (χ1v) is 7.19. The van der Waals surface area contributed by atoms with E-state index in [-0.39, 0.29) is 5.56 Å². The molecule has 2 rings (SSSR count). The van der Waals surface area contributed by atoms with Crippen molar-refractivity contribution in [1.82, 2.24) is 4.90 Å². The molecule has 21 heavy (non-hydrogen) atoms. The Labute approximate surface area is 131 Å². The van der Waals surface area contributed by atoms with Crippen molar-refractivity contribution in [2.45, 2.75) is 13.1 Å². The fraction of sp³-hybridized carbons (Fsp3) is 0.188. The number of halogens is 2. The zero-order valence-electron chi connectivity index (χ0n) is 11.5. The smallest absolute Gasteiger partial charge is 0.336 e. The molecule has 0 fully saturated rings. The van der Waals surface area contributed by atoms with Gasteiger partial charge in [0.05, 0.1) is 5.56 Å². The summed E-state index contributed by atoms with van der Waals surface area (Å²) in [5.41, 5.74) is 1.73. The lowest BCUT2D eigenvalue weighted by molar-refractivity contribution is 0.0694. The Kier molecular flexibility index (Phi) is 5.09. The van der Waals surface area contributed by atoms with Crippen LogP contribution in [0, 0.1) is 5.82 Å². The number of rotatable bonds is 5. The van der Waals surface area contributed by atoms with Crippen molar-refractivity contribution in [2.24, 2.45) is 0 Å². The van der Waals surface area contributed by atoms with E-state index in [1.54, 1.807) is 0 Å². The molecule has 0 amide bonds. The highest BCUT2D eigenvalue weighted by Gasteiger charge is 2.13. The van der Waals surface area contributed by atoms with Crippen LogP contribution in [0.2, 0.25) is 0 Å². The average molecular weight is 352 g/mol. The minimum absolute atomic E-state index is 0.0103. The second kappa shape index (κ2) is 6.83. The molecule has 0 unspecified atom stereocenters. The molecular formula is C16H15BrFNO2. The highest BCUT2D eigenvalue weighted by atomic mass is 79.9. The fourth-order valence-electron chi connectivity index (χ4n) is 2.18. The molecule has 0 saturated carbocycles. The number of hydrogen-bond donors (Lipinski definition) is 1. The predicted molar refractivity (Wildman–Crippen MR) is 82.7 cm³/mol. The Hall–Kier alpha value is -1.72. The summed E-state index contributed by atoms with van der Waals surface area (Å²) in [6, 6.07) is 11.8. The summed E-state index contributed by atoms with van der Waals surface area (Å²) < 4.78 is 14.2. The van der Waals surface area contributed by atoms with E-state index in [2.05, 4.69) is 15.9 Å². The van der Waals surface area contributed by atoms with Gasteiger partial charge >= 0.3 is 5.97 Å². The average Bonchev–Trinajstić information content (AvgIpc) is 2.40. The van der Waals surface area contributed by atoms with E-state index in [0.29, 0.717) is 18.7 Å². The van der Waals surface area contributed by atoms with Crippen LogP contribution in [-0.4, -0.2) is 23.0 Å². The third-order valence-electron chi connectivity index (χ3n) is 3.08. The molecule has 0 aliphatic heterocycles. The number of hydrogen-bond acceptors (Lipinski definition) is 2. The first kappa shape index (κ1) is 15.7. The van der Waals surface area contributed by atoms with Crippen LogP contribution in [0.1, 0.15) is 21.5 Å². The van der Waals surface area contributed by atoms with Crippen LogP contribution in [0.3, 0.4) is 0 Å². The van der Waals surface area contributed by atoms with Crippen molar-refractivity contribution in [2.75, 3.05) is 7.05 Å². The van der Waals surface area contributed by atoms with E-state index < -0.39 is 11.8 Å². The minimum atomic E-state index is -1.11. The van der Waals surface area contributed by atoms with E-state index in [1.807, 2.05) is 36.2 Å². The van der Waals surface area contributed by atoms with Gasteiger partial charge in [-0.15, -0.1) is 0 Å². The van der Waals surface area contributed by atoms with Gasteiger partial charge in [0.2, 0.25) is 0 Å². The predicted octanol–water partition coefficient (Wildman–Crippen LogP) is 3.92. The molecule has 0 aliphatic carbocycles. The summed E-state index contributed by atoms with van der Waals surface area (Å²) in [5.74, 6) is -1.65. The normalized spacial score (nSPS) is 10.9. The molecule has 110 valence electrons. The zero-order valence-corrected chi connectivity index (χ0v) is 13.1. The minimum Gasteiger partial charge on any atom is -0.478 e. The Morgan fingerprint density at radius 1 is 1.24 bits per heavy atom. The van der Waals surface area contributed by atoms with Crippen molar-refractivity contribution in [3.05, 3.63) is 69.4 Å². The molecule has 0 radical (unpaired) electrons. The molecule has 3 nitrogen and oxygen atoms in total. The van der Waals surface area contributed by atoms with Gasteiger partial charge < -0.3 is 5.11 Å². The maximum absolute atomic E-state index is 13.2. The van der Waals surface area contributed by atoms with Crippen LogP contribution in [0.15, 0.2) is 46.9 Å². The summed E-state index contributed by atoms with van der Waals surface area (Å²) >= 11 is 3.42.